The van der Waals surface area contributed by atoms with Crippen LogP contribution in [-0.4, -0.2) is 4.98 Å². The molecule has 1 rings (SSSR count). The molecule has 0 atom stereocenters. The van der Waals surface area contributed by atoms with Gasteiger partial charge in [-0.15, -0.1) is 0 Å². The summed E-state index contributed by atoms with van der Waals surface area (Å²) in [4.78, 5) is 3.94. The van der Waals surface area contributed by atoms with Gasteiger partial charge in [0.05, 0.1) is 0 Å². The molecule has 0 aromatic carbocycles. The summed E-state index contributed by atoms with van der Waals surface area (Å²) >= 11 is 6.67. The van der Waals surface area contributed by atoms with Gasteiger partial charge in [0, 0.05) is 27.9 Å². The quantitative estimate of drug-likeness (QED) is 0.844. The lowest BCUT2D eigenvalue weighted by atomic mass is 10.3. The molecule has 0 aliphatic rings. The number of nitrogens with two attached hydrogens (primary N) is 1. The Hall–Kier alpha value is 0.0700. The molecule has 10 heavy (non-hydrogen) atoms. The van der Waals surface area contributed by atoms with Crippen LogP contribution in [0, 0.1) is 0 Å². The molecule has 0 saturated heterocycles. The normalized spacial score (nSPS) is 9.90. The molecule has 0 unspecified atom stereocenters. The Kier molecular flexibility index (Phi) is 2.82. The molecule has 1 aromatic rings. The third kappa shape index (κ3) is 1.56. The molecule has 0 radical (unpaired) electrons. The van der Waals surface area contributed by atoms with Crippen molar-refractivity contribution in [3.05, 3.63) is 26.9 Å². The molecule has 0 saturated carbocycles. The van der Waals surface area contributed by atoms with Crippen LogP contribution < -0.4 is 5.73 Å². The number of hydrogen-bond acceptors (Lipinski definition) is 2. The fraction of sp³-hybridized carbons (Fsp3) is 0.167. The number of hydrogen-bond donors (Lipinski definition) is 1. The van der Waals surface area contributed by atoms with Crippen molar-refractivity contribution >= 4 is 31.9 Å². The molecule has 0 fully saturated rings. The summed E-state index contributed by atoms with van der Waals surface area (Å²) in [5.74, 6) is 0. The number of rotatable bonds is 1. The SMILES string of the molecule is NCc1c(Br)cncc1Br. The van der Waals surface area contributed by atoms with E-state index in [0.29, 0.717) is 6.54 Å². The zero-order chi connectivity index (χ0) is 7.56. The molecule has 0 aliphatic heterocycles. The first kappa shape index (κ1) is 8.17. The zero-order valence-electron chi connectivity index (χ0n) is 5.14. The average molecular weight is 266 g/mol. The van der Waals surface area contributed by atoms with E-state index in [9.17, 15) is 0 Å². The topological polar surface area (TPSA) is 38.9 Å². The van der Waals surface area contributed by atoms with Gasteiger partial charge >= 0.3 is 0 Å². The van der Waals surface area contributed by atoms with Crippen molar-refractivity contribution in [2.24, 2.45) is 5.73 Å². The fourth-order valence-electron chi connectivity index (χ4n) is 0.633. The molecule has 2 nitrogen and oxygen atoms in total. The number of nitrogens with zero attached hydrogens (tertiary/aromatic N) is 1. The summed E-state index contributed by atoms with van der Waals surface area (Å²) in [5, 5.41) is 0. The maximum Gasteiger partial charge on any atom is 0.0414 e. The van der Waals surface area contributed by atoms with Gasteiger partial charge in [-0.05, 0) is 37.4 Å². The lowest BCUT2D eigenvalue weighted by Gasteiger charge is -2.01. The lowest BCUT2D eigenvalue weighted by Crippen LogP contribution is -1.98. The van der Waals surface area contributed by atoms with E-state index < -0.39 is 0 Å². The molecule has 0 amide bonds. The van der Waals surface area contributed by atoms with E-state index >= 15 is 0 Å². The van der Waals surface area contributed by atoms with E-state index in [4.69, 9.17) is 5.73 Å². The Morgan fingerprint density at radius 3 is 2.10 bits per heavy atom. The smallest absolute Gasteiger partial charge is 0.0414 e. The van der Waals surface area contributed by atoms with Gasteiger partial charge < -0.3 is 5.73 Å². The Morgan fingerprint density at radius 1 is 1.30 bits per heavy atom. The number of pyridine rings is 1. The third-order valence-corrected chi connectivity index (χ3v) is 2.52. The second-order valence-electron chi connectivity index (χ2n) is 1.79. The molecule has 0 aliphatic carbocycles. The summed E-state index contributed by atoms with van der Waals surface area (Å²) in [6, 6.07) is 0. The highest BCUT2D eigenvalue weighted by Gasteiger charge is 2.00. The Bertz CT molecular complexity index is 217. The first-order valence-electron chi connectivity index (χ1n) is 2.73. The zero-order valence-corrected chi connectivity index (χ0v) is 8.31. The summed E-state index contributed by atoms with van der Waals surface area (Å²) in [6.07, 6.45) is 3.46. The minimum Gasteiger partial charge on any atom is -0.326 e. The van der Waals surface area contributed by atoms with Crippen molar-refractivity contribution in [3.8, 4) is 0 Å². The molecule has 1 aromatic heterocycles. The van der Waals surface area contributed by atoms with Crippen LogP contribution >= 0.6 is 31.9 Å². The van der Waals surface area contributed by atoms with Gasteiger partial charge in [0.1, 0.15) is 0 Å². The van der Waals surface area contributed by atoms with E-state index in [1.54, 1.807) is 12.4 Å². The minimum atomic E-state index is 0.518. The monoisotopic (exact) mass is 264 g/mol. The van der Waals surface area contributed by atoms with Crippen LogP contribution in [-0.2, 0) is 6.54 Å². The second kappa shape index (κ2) is 3.46. The molecular formula is C6H6Br2N2. The van der Waals surface area contributed by atoms with Crippen molar-refractivity contribution in [2.45, 2.75) is 6.54 Å². The van der Waals surface area contributed by atoms with Crippen molar-refractivity contribution in [2.75, 3.05) is 0 Å². The van der Waals surface area contributed by atoms with Gasteiger partial charge in [0.2, 0.25) is 0 Å². The standard InChI is InChI=1S/C6H6Br2N2/c7-5-2-10-3-6(8)4(5)1-9/h2-3H,1,9H2. The van der Waals surface area contributed by atoms with Crippen LogP contribution in [0.2, 0.25) is 0 Å². The van der Waals surface area contributed by atoms with Crippen molar-refractivity contribution in [1.29, 1.82) is 0 Å². The van der Waals surface area contributed by atoms with E-state index in [1.165, 1.54) is 0 Å². The Morgan fingerprint density at radius 2 is 1.80 bits per heavy atom. The molecule has 4 heteroatoms. The van der Waals surface area contributed by atoms with Crippen LogP contribution in [0.3, 0.4) is 0 Å². The molecule has 2 N–H and O–H groups in total. The van der Waals surface area contributed by atoms with Crippen LogP contribution in [0.4, 0.5) is 0 Å². The van der Waals surface area contributed by atoms with Gasteiger partial charge in [-0.3, -0.25) is 4.98 Å². The van der Waals surface area contributed by atoms with Crippen molar-refractivity contribution < 1.29 is 0 Å². The molecular weight excluding hydrogens is 260 g/mol. The minimum absolute atomic E-state index is 0.518. The maximum atomic E-state index is 5.46. The molecule has 1 heterocycles. The van der Waals surface area contributed by atoms with Crippen LogP contribution in [0.25, 0.3) is 0 Å². The average Bonchev–Trinajstić information content (AvgIpc) is 1.88. The van der Waals surface area contributed by atoms with Gasteiger partial charge in [-0.25, -0.2) is 0 Å². The van der Waals surface area contributed by atoms with E-state index in [-0.39, 0.29) is 0 Å². The van der Waals surface area contributed by atoms with Crippen molar-refractivity contribution in [1.82, 2.24) is 4.98 Å². The van der Waals surface area contributed by atoms with Crippen LogP contribution in [0.15, 0.2) is 21.3 Å². The fourth-order valence-corrected chi connectivity index (χ4v) is 1.89. The third-order valence-electron chi connectivity index (χ3n) is 1.16. The summed E-state index contributed by atoms with van der Waals surface area (Å²) in [5.41, 5.74) is 6.51. The molecule has 0 bridgehead atoms. The predicted molar refractivity (Wildman–Crippen MR) is 47.5 cm³/mol. The number of aromatic nitrogens is 1. The predicted octanol–water partition coefficient (Wildman–Crippen LogP) is 2.07. The second-order valence-corrected chi connectivity index (χ2v) is 3.49. The van der Waals surface area contributed by atoms with E-state index in [1.807, 2.05) is 0 Å². The van der Waals surface area contributed by atoms with Gasteiger partial charge in [0.25, 0.3) is 0 Å². The summed E-state index contributed by atoms with van der Waals surface area (Å²) < 4.78 is 1.90. The molecule has 54 valence electrons. The van der Waals surface area contributed by atoms with Gasteiger partial charge in [-0.1, -0.05) is 0 Å². The van der Waals surface area contributed by atoms with Crippen LogP contribution in [0.5, 0.6) is 0 Å². The van der Waals surface area contributed by atoms with Gasteiger partial charge in [0.15, 0.2) is 0 Å². The first-order chi connectivity index (χ1) is 4.75. The van der Waals surface area contributed by atoms with E-state index in [0.717, 1.165) is 14.5 Å². The number of halogens is 2. The van der Waals surface area contributed by atoms with Crippen molar-refractivity contribution in [3.63, 3.8) is 0 Å². The Labute approximate surface area is 76.1 Å². The van der Waals surface area contributed by atoms with E-state index in [2.05, 4.69) is 36.8 Å². The van der Waals surface area contributed by atoms with Gasteiger partial charge in [-0.2, -0.15) is 0 Å². The largest absolute Gasteiger partial charge is 0.326 e. The summed E-state index contributed by atoms with van der Waals surface area (Å²) in [7, 11) is 0. The molecule has 0 spiro atoms. The Balaban J connectivity index is 3.17. The highest BCUT2D eigenvalue weighted by atomic mass is 79.9. The van der Waals surface area contributed by atoms with Crippen LogP contribution in [0.1, 0.15) is 5.56 Å². The lowest BCUT2D eigenvalue weighted by molar-refractivity contribution is 1.03. The summed E-state index contributed by atoms with van der Waals surface area (Å²) in [6.45, 7) is 0.518. The first-order valence-corrected chi connectivity index (χ1v) is 4.32. The highest BCUT2D eigenvalue weighted by molar-refractivity contribution is 9.11. The highest BCUT2D eigenvalue weighted by Crippen LogP contribution is 2.22. The maximum absolute atomic E-state index is 5.46.